The third kappa shape index (κ3) is 6.68. The van der Waals surface area contributed by atoms with Crippen molar-refractivity contribution in [1.82, 2.24) is 24.9 Å². The summed E-state index contributed by atoms with van der Waals surface area (Å²) in [7, 11) is 1.66. The number of nitrogens with zero attached hydrogens (tertiary/aromatic N) is 5. The molecule has 39 heavy (non-hydrogen) atoms. The van der Waals surface area contributed by atoms with Crippen LogP contribution in [-0.2, 0) is 9.47 Å². The predicted molar refractivity (Wildman–Crippen MR) is 149 cm³/mol. The molecule has 0 radical (unpaired) electrons. The highest BCUT2D eigenvalue weighted by Gasteiger charge is 2.27. The Labute approximate surface area is 229 Å². The summed E-state index contributed by atoms with van der Waals surface area (Å²) in [5, 5.41) is 16.9. The molecular weight excluding hydrogens is 496 g/mol. The Morgan fingerprint density at radius 3 is 2.54 bits per heavy atom. The largest absolute Gasteiger partial charge is 0.496 e. The van der Waals surface area contributed by atoms with Crippen molar-refractivity contribution < 1.29 is 19.0 Å². The van der Waals surface area contributed by atoms with Gasteiger partial charge in [-0.25, -0.2) is 9.48 Å². The summed E-state index contributed by atoms with van der Waals surface area (Å²) < 4.78 is 19.0. The number of anilines is 1. The molecule has 2 aliphatic rings. The Balaban J connectivity index is 1.20. The molecule has 4 heterocycles. The van der Waals surface area contributed by atoms with Gasteiger partial charge < -0.3 is 24.4 Å². The SMILES string of the molecule is COc1cc(-c2cnn(C3CCCCO3)c2)ccc1-c1ccc(NC2CCN(C(=O)OC(C)(C)C)CC2)nn1. The Bertz CT molecular complexity index is 1260. The van der Waals surface area contributed by atoms with Gasteiger partial charge >= 0.3 is 6.09 Å². The number of carbonyl (C=O) groups is 1. The van der Waals surface area contributed by atoms with E-state index in [1.54, 1.807) is 12.0 Å². The summed E-state index contributed by atoms with van der Waals surface area (Å²) in [6.07, 6.45) is 8.54. The van der Waals surface area contributed by atoms with Gasteiger partial charge in [0.25, 0.3) is 0 Å². The zero-order chi connectivity index (χ0) is 27.4. The van der Waals surface area contributed by atoms with Gasteiger partial charge in [0.2, 0.25) is 0 Å². The highest BCUT2D eigenvalue weighted by Crippen LogP contribution is 2.34. The van der Waals surface area contributed by atoms with Gasteiger partial charge in [0, 0.05) is 43.1 Å². The number of ether oxygens (including phenoxy) is 3. The topological polar surface area (TPSA) is 104 Å². The molecule has 0 bridgehead atoms. The quantitative estimate of drug-likeness (QED) is 0.441. The molecule has 1 N–H and O–H groups in total. The number of amides is 1. The Morgan fingerprint density at radius 2 is 1.87 bits per heavy atom. The van der Waals surface area contributed by atoms with Gasteiger partial charge in [0.15, 0.2) is 0 Å². The standard InChI is InChI=1S/C29H38N6O4/c1-29(2,3)39-28(36)34-14-12-22(13-15-34)31-26-11-10-24(32-33-26)23-9-8-20(17-25(23)37-4)21-18-30-35(19-21)27-7-5-6-16-38-27/h8-11,17-19,22,27H,5-7,12-16H2,1-4H3,(H,31,33). The Morgan fingerprint density at radius 1 is 1.05 bits per heavy atom. The highest BCUT2D eigenvalue weighted by atomic mass is 16.6. The van der Waals surface area contributed by atoms with Crippen molar-refractivity contribution in [2.24, 2.45) is 0 Å². The van der Waals surface area contributed by atoms with Crippen molar-refractivity contribution in [2.45, 2.75) is 70.7 Å². The number of methoxy groups -OCH3 is 1. The zero-order valence-corrected chi connectivity index (χ0v) is 23.2. The molecule has 2 aliphatic heterocycles. The number of nitrogens with one attached hydrogen (secondary N) is 1. The maximum Gasteiger partial charge on any atom is 0.410 e. The summed E-state index contributed by atoms with van der Waals surface area (Å²) >= 11 is 0. The van der Waals surface area contributed by atoms with E-state index in [1.807, 2.05) is 68.2 Å². The summed E-state index contributed by atoms with van der Waals surface area (Å²) in [4.78, 5) is 14.1. The second-order valence-corrected chi connectivity index (χ2v) is 11.1. The molecule has 10 nitrogen and oxygen atoms in total. The summed E-state index contributed by atoms with van der Waals surface area (Å²) in [6.45, 7) is 7.73. The van der Waals surface area contributed by atoms with E-state index in [0.717, 1.165) is 66.8 Å². The maximum absolute atomic E-state index is 12.3. The molecule has 2 saturated heterocycles. The fourth-order valence-corrected chi connectivity index (χ4v) is 4.95. The molecular formula is C29H38N6O4. The molecule has 1 amide bonds. The number of hydrogen-bond donors (Lipinski definition) is 1. The van der Waals surface area contributed by atoms with E-state index in [0.29, 0.717) is 18.9 Å². The number of rotatable bonds is 6. The normalized spacial score (nSPS) is 18.6. The van der Waals surface area contributed by atoms with Crippen LogP contribution in [0, 0.1) is 0 Å². The summed E-state index contributed by atoms with van der Waals surface area (Å²) in [5.41, 5.74) is 3.14. The van der Waals surface area contributed by atoms with E-state index in [1.165, 1.54) is 0 Å². The number of carbonyl (C=O) groups excluding carboxylic acids is 1. The van der Waals surface area contributed by atoms with E-state index >= 15 is 0 Å². The highest BCUT2D eigenvalue weighted by molar-refractivity contribution is 5.74. The Hall–Kier alpha value is -3.66. The number of aromatic nitrogens is 4. The van der Waals surface area contributed by atoms with E-state index in [9.17, 15) is 4.79 Å². The molecule has 2 aromatic heterocycles. The van der Waals surface area contributed by atoms with E-state index in [-0.39, 0.29) is 18.4 Å². The first-order valence-electron chi connectivity index (χ1n) is 13.7. The van der Waals surface area contributed by atoms with Crippen molar-refractivity contribution in [2.75, 3.05) is 32.1 Å². The van der Waals surface area contributed by atoms with E-state index in [4.69, 9.17) is 14.2 Å². The minimum absolute atomic E-state index is 0.00795. The average molecular weight is 535 g/mol. The molecule has 0 aliphatic carbocycles. The van der Waals surface area contributed by atoms with Crippen LogP contribution in [0.1, 0.15) is 59.1 Å². The number of piperidine rings is 1. The lowest BCUT2D eigenvalue weighted by Crippen LogP contribution is -2.44. The first-order valence-corrected chi connectivity index (χ1v) is 13.7. The lowest BCUT2D eigenvalue weighted by Gasteiger charge is -2.33. The predicted octanol–water partition coefficient (Wildman–Crippen LogP) is 5.53. The zero-order valence-electron chi connectivity index (χ0n) is 23.2. The number of hydrogen-bond acceptors (Lipinski definition) is 8. The van der Waals surface area contributed by atoms with E-state index < -0.39 is 5.60 Å². The van der Waals surface area contributed by atoms with Crippen molar-refractivity contribution in [3.8, 4) is 28.1 Å². The minimum atomic E-state index is -0.486. The molecule has 2 fully saturated rings. The van der Waals surface area contributed by atoms with Gasteiger partial charge in [-0.15, -0.1) is 10.2 Å². The van der Waals surface area contributed by atoms with Crippen LogP contribution >= 0.6 is 0 Å². The van der Waals surface area contributed by atoms with Crippen LogP contribution in [0.4, 0.5) is 10.6 Å². The number of benzene rings is 1. The van der Waals surface area contributed by atoms with E-state index in [2.05, 4.69) is 20.6 Å². The van der Waals surface area contributed by atoms with Crippen molar-refractivity contribution in [1.29, 1.82) is 0 Å². The summed E-state index contributed by atoms with van der Waals surface area (Å²) in [5.74, 6) is 1.43. The Kier molecular flexibility index (Phi) is 8.02. The molecule has 1 unspecified atom stereocenters. The first-order chi connectivity index (χ1) is 18.8. The van der Waals surface area contributed by atoms with Crippen LogP contribution < -0.4 is 10.1 Å². The fraction of sp³-hybridized carbons (Fsp3) is 0.517. The minimum Gasteiger partial charge on any atom is -0.496 e. The van der Waals surface area contributed by atoms with Crippen LogP contribution in [-0.4, -0.2) is 69.4 Å². The molecule has 3 aromatic rings. The van der Waals surface area contributed by atoms with Crippen LogP contribution in [0.3, 0.4) is 0 Å². The molecule has 10 heteroatoms. The van der Waals surface area contributed by atoms with Crippen LogP contribution in [0.15, 0.2) is 42.7 Å². The second-order valence-electron chi connectivity index (χ2n) is 11.1. The van der Waals surface area contributed by atoms with Gasteiger partial charge in [-0.2, -0.15) is 5.10 Å². The van der Waals surface area contributed by atoms with Crippen LogP contribution in [0.25, 0.3) is 22.4 Å². The van der Waals surface area contributed by atoms with Gasteiger partial charge in [-0.1, -0.05) is 6.07 Å². The fourth-order valence-electron chi connectivity index (χ4n) is 4.95. The second kappa shape index (κ2) is 11.6. The smallest absolute Gasteiger partial charge is 0.410 e. The molecule has 1 aromatic carbocycles. The lowest BCUT2D eigenvalue weighted by atomic mass is 10.0. The molecule has 208 valence electrons. The van der Waals surface area contributed by atoms with Gasteiger partial charge in [0.05, 0.1) is 19.0 Å². The van der Waals surface area contributed by atoms with Gasteiger partial charge in [-0.05, 0) is 82.7 Å². The lowest BCUT2D eigenvalue weighted by molar-refractivity contribution is -0.0394. The van der Waals surface area contributed by atoms with Crippen LogP contribution in [0.2, 0.25) is 0 Å². The molecule has 0 spiro atoms. The molecule has 1 atom stereocenters. The third-order valence-electron chi connectivity index (χ3n) is 7.03. The van der Waals surface area contributed by atoms with Crippen molar-refractivity contribution >= 4 is 11.9 Å². The van der Waals surface area contributed by atoms with Crippen molar-refractivity contribution in [3.63, 3.8) is 0 Å². The van der Waals surface area contributed by atoms with Gasteiger partial charge in [-0.3, -0.25) is 0 Å². The monoisotopic (exact) mass is 534 g/mol. The average Bonchev–Trinajstić information content (AvgIpc) is 3.44. The molecule has 0 saturated carbocycles. The maximum atomic E-state index is 12.3. The van der Waals surface area contributed by atoms with Crippen LogP contribution in [0.5, 0.6) is 5.75 Å². The third-order valence-corrected chi connectivity index (χ3v) is 7.03. The van der Waals surface area contributed by atoms with Gasteiger partial charge in [0.1, 0.15) is 23.4 Å². The first kappa shape index (κ1) is 26.9. The van der Waals surface area contributed by atoms with Crippen molar-refractivity contribution in [3.05, 3.63) is 42.7 Å². The summed E-state index contributed by atoms with van der Waals surface area (Å²) in [6, 6.07) is 10.2. The molecule has 5 rings (SSSR count). The number of likely N-dealkylation sites (tertiary alicyclic amines) is 1.